The van der Waals surface area contributed by atoms with Crippen molar-refractivity contribution < 1.29 is 28.6 Å². The number of unbranched alkanes of at least 4 members (excludes halogenated alkanes) is 31. The summed E-state index contributed by atoms with van der Waals surface area (Å²) in [6, 6.07) is 0. The van der Waals surface area contributed by atoms with Crippen LogP contribution in [0.15, 0.2) is 36.5 Å². The molecular formula is C55H100O6. The highest BCUT2D eigenvalue weighted by Gasteiger charge is 2.19. The van der Waals surface area contributed by atoms with Crippen LogP contribution in [0.3, 0.4) is 0 Å². The maximum absolute atomic E-state index is 12.8. The Morgan fingerprint density at radius 3 is 1.00 bits per heavy atom. The van der Waals surface area contributed by atoms with Gasteiger partial charge in [0.1, 0.15) is 13.2 Å². The molecule has 0 radical (unpaired) electrons. The summed E-state index contributed by atoms with van der Waals surface area (Å²) in [6.45, 7) is 6.53. The molecule has 0 aromatic rings. The fourth-order valence-corrected chi connectivity index (χ4v) is 7.69. The van der Waals surface area contributed by atoms with Crippen LogP contribution in [0.4, 0.5) is 0 Å². The standard InChI is InChI=1S/C55H100O6/c1-4-7-10-13-16-19-22-24-26-27-28-29-31-33-36-39-42-45-48-54(57)60-51-52(50-59-53(56)47-44-41-38-35-32-21-18-15-12-9-6-3)61-55(58)49-46-43-40-37-34-30-25-23-20-17-14-11-8-5-2/h8,11,17,20,25,30,52H,4-7,9-10,12-16,18-19,21-24,26-29,31-51H2,1-3H3/b11-8-,20-17-,30-25-. The van der Waals surface area contributed by atoms with E-state index in [1.54, 1.807) is 0 Å². The minimum absolute atomic E-state index is 0.0771. The van der Waals surface area contributed by atoms with Crippen LogP contribution in [0.5, 0.6) is 0 Å². The quantitative estimate of drug-likeness (QED) is 0.0262. The van der Waals surface area contributed by atoms with Crippen LogP contribution in [-0.2, 0) is 28.6 Å². The van der Waals surface area contributed by atoms with E-state index >= 15 is 0 Å². The third-order valence-electron chi connectivity index (χ3n) is 11.7. The van der Waals surface area contributed by atoms with Gasteiger partial charge in [-0.3, -0.25) is 14.4 Å². The van der Waals surface area contributed by atoms with E-state index in [0.717, 1.165) is 89.9 Å². The van der Waals surface area contributed by atoms with Crippen molar-refractivity contribution >= 4 is 17.9 Å². The minimum atomic E-state index is -0.778. The fraction of sp³-hybridized carbons (Fsp3) is 0.836. The Bertz CT molecular complexity index is 1030. The van der Waals surface area contributed by atoms with Crippen molar-refractivity contribution in [1.82, 2.24) is 0 Å². The van der Waals surface area contributed by atoms with E-state index in [-0.39, 0.29) is 31.1 Å². The van der Waals surface area contributed by atoms with Crippen LogP contribution in [0.2, 0.25) is 0 Å². The Hall–Kier alpha value is -2.37. The Morgan fingerprint density at radius 2 is 0.639 bits per heavy atom. The second-order valence-corrected chi connectivity index (χ2v) is 17.8. The monoisotopic (exact) mass is 857 g/mol. The average Bonchev–Trinajstić information content (AvgIpc) is 3.26. The van der Waals surface area contributed by atoms with Crippen molar-refractivity contribution in [3.63, 3.8) is 0 Å². The van der Waals surface area contributed by atoms with E-state index in [1.807, 2.05) is 0 Å². The van der Waals surface area contributed by atoms with Gasteiger partial charge in [0.25, 0.3) is 0 Å². The zero-order valence-electron chi connectivity index (χ0n) is 40.7. The van der Waals surface area contributed by atoms with Gasteiger partial charge in [-0.25, -0.2) is 0 Å². The molecule has 0 amide bonds. The lowest BCUT2D eigenvalue weighted by atomic mass is 10.0. The largest absolute Gasteiger partial charge is 0.462 e. The summed E-state index contributed by atoms with van der Waals surface area (Å²) < 4.78 is 16.8. The summed E-state index contributed by atoms with van der Waals surface area (Å²) >= 11 is 0. The summed E-state index contributed by atoms with van der Waals surface area (Å²) in [6.07, 6.45) is 58.5. The van der Waals surface area contributed by atoms with Gasteiger partial charge in [0.05, 0.1) is 0 Å². The molecule has 0 rings (SSSR count). The van der Waals surface area contributed by atoms with Gasteiger partial charge in [0.15, 0.2) is 6.10 Å². The number of carbonyl (C=O) groups is 3. The molecule has 1 unspecified atom stereocenters. The van der Waals surface area contributed by atoms with Gasteiger partial charge in [0.2, 0.25) is 0 Å². The van der Waals surface area contributed by atoms with Crippen LogP contribution in [0, 0.1) is 0 Å². The van der Waals surface area contributed by atoms with E-state index in [0.29, 0.717) is 19.3 Å². The Balaban J connectivity index is 4.32. The molecule has 0 saturated carbocycles. The van der Waals surface area contributed by atoms with E-state index in [2.05, 4.69) is 57.2 Å². The minimum Gasteiger partial charge on any atom is -0.462 e. The molecule has 0 bridgehead atoms. The van der Waals surface area contributed by atoms with Crippen LogP contribution in [0.1, 0.15) is 278 Å². The third-order valence-corrected chi connectivity index (χ3v) is 11.7. The first kappa shape index (κ1) is 58.6. The lowest BCUT2D eigenvalue weighted by Gasteiger charge is -2.18. The molecule has 0 aromatic carbocycles. The topological polar surface area (TPSA) is 78.9 Å². The lowest BCUT2D eigenvalue weighted by molar-refractivity contribution is -0.167. The normalized spacial score (nSPS) is 12.2. The van der Waals surface area contributed by atoms with Gasteiger partial charge >= 0.3 is 17.9 Å². The van der Waals surface area contributed by atoms with Crippen LogP contribution in [-0.4, -0.2) is 37.2 Å². The molecule has 0 saturated heterocycles. The molecule has 0 fully saturated rings. The van der Waals surface area contributed by atoms with E-state index in [4.69, 9.17) is 14.2 Å². The Kier molecular flexibility index (Phi) is 48.3. The molecule has 6 nitrogen and oxygen atoms in total. The van der Waals surface area contributed by atoms with Crippen molar-refractivity contribution in [2.24, 2.45) is 0 Å². The number of allylic oxidation sites excluding steroid dienone is 6. The van der Waals surface area contributed by atoms with Crippen molar-refractivity contribution in [3.8, 4) is 0 Å². The molecular weight excluding hydrogens is 757 g/mol. The molecule has 0 aliphatic rings. The second-order valence-electron chi connectivity index (χ2n) is 17.8. The van der Waals surface area contributed by atoms with E-state index in [1.165, 1.54) is 148 Å². The number of hydrogen-bond donors (Lipinski definition) is 0. The van der Waals surface area contributed by atoms with Gasteiger partial charge in [0, 0.05) is 19.3 Å². The highest BCUT2D eigenvalue weighted by molar-refractivity contribution is 5.71. The molecule has 0 aliphatic carbocycles. The number of carbonyl (C=O) groups excluding carboxylic acids is 3. The predicted molar refractivity (Wildman–Crippen MR) is 261 cm³/mol. The SMILES string of the molecule is CC/C=C\C/C=C\C/C=C\CCCCCCC(=O)OC(COC(=O)CCCCCCCCCCCCC)COC(=O)CCCCCCCCCCCCCCCCCCCC. The van der Waals surface area contributed by atoms with Gasteiger partial charge < -0.3 is 14.2 Å². The van der Waals surface area contributed by atoms with Crippen LogP contribution >= 0.6 is 0 Å². The van der Waals surface area contributed by atoms with Crippen molar-refractivity contribution in [2.45, 2.75) is 284 Å². The van der Waals surface area contributed by atoms with Gasteiger partial charge in [-0.05, 0) is 51.4 Å². The van der Waals surface area contributed by atoms with Gasteiger partial charge in [-0.15, -0.1) is 0 Å². The maximum Gasteiger partial charge on any atom is 0.306 e. The Morgan fingerprint density at radius 1 is 0.344 bits per heavy atom. The second kappa shape index (κ2) is 50.3. The molecule has 0 spiro atoms. The number of esters is 3. The first-order valence-electron chi connectivity index (χ1n) is 26.5. The molecule has 6 heteroatoms. The lowest BCUT2D eigenvalue weighted by Crippen LogP contribution is -2.30. The van der Waals surface area contributed by atoms with Crippen molar-refractivity contribution in [1.29, 1.82) is 0 Å². The maximum atomic E-state index is 12.8. The van der Waals surface area contributed by atoms with E-state index < -0.39 is 6.10 Å². The summed E-state index contributed by atoms with van der Waals surface area (Å²) in [5.74, 6) is -0.887. The van der Waals surface area contributed by atoms with Crippen LogP contribution in [0.25, 0.3) is 0 Å². The molecule has 0 aromatic heterocycles. The first-order valence-corrected chi connectivity index (χ1v) is 26.5. The first-order chi connectivity index (χ1) is 30.0. The highest BCUT2D eigenvalue weighted by Crippen LogP contribution is 2.16. The predicted octanol–water partition coefficient (Wildman–Crippen LogP) is 17.3. The van der Waals surface area contributed by atoms with Crippen molar-refractivity contribution in [3.05, 3.63) is 36.5 Å². The number of rotatable bonds is 48. The summed E-state index contributed by atoms with van der Waals surface area (Å²) in [5, 5.41) is 0. The molecule has 1 atom stereocenters. The summed E-state index contributed by atoms with van der Waals surface area (Å²) in [5.41, 5.74) is 0. The molecule has 61 heavy (non-hydrogen) atoms. The summed E-state index contributed by atoms with van der Waals surface area (Å²) in [7, 11) is 0. The Labute approximate surface area is 378 Å². The van der Waals surface area contributed by atoms with Crippen LogP contribution < -0.4 is 0 Å². The summed E-state index contributed by atoms with van der Waals surface area (Å²) in [4.78, 5) is 37.9. The fourth-order valence-electron chi connectivity index (χ4n) is 7.69. The zero-order chi connectivity index (χ0) is 44.4. The third kappa shape index (κ3) is 48.5. The smallest absolute Gasteiger partial charge is 0.306 e. The average molecular weight is 857 g/mol. The van der Waals surface area contributed by atoms with Gasteiger partial charge in [-0.2, -0.15) is 0 Å². The van der Waals surface area contributed by atoms with Gasteiger partial charge in [-0.1, -0.05) is 243 Å². The number of ether oxygens (including phenoxy) is 3. The highest BCUT2D eigenvalue weighted by atomic mass is 16.6. The zero-order valence-corrected chi connectivity index (χ0v) is 40.7. The molecule has 356 valence electrons. The van der Waals surface area contributed by atoms with Crippen molar-refractivity contribution in [2.75, 3.05) is 13.2 Å². The molecule has 0 N–H and O–H groups in total. The molecule has 0 aliphatic heterocycles. The van der Waals surface area contributed by atoms with E-state index in [9.17, 15) is 14.4 Å². The number of hydrogen-bond acceptors (Lipinski definition) is 6. The molecule has 0 heterocycles.